The Labute approximate surface area is 228 Å². The normalized spacial score (nSPS) is 26.8. The number of nitrogens with zero attached hydrogens (tertiary/aromatic N) is 3. The molecule has 1 aromatic rings. The molecule has 0 bridgehead atoms. The number of hydrogen-bond donors (Lipinski definition) is 1. The Bertz CT molecular complexity index is 1070. The van der Waals surface area contributed by atoms with Crippen LogP contribution in [0.3, 0.4) is 0 Å². The lowest BCUT2D eigenvalue weighted by Gasteiger charge is -2.36. The van der Waals surface area contributed by atoms with Crippen LogP contribution in [0, 0.1) is 11.8 Å². The van der Waals surface area contributed by atoms with E-state index in [4.69, 9.17) is 4.74 Å². The number of likely N-dealkylation sites (tertiary alicyclic amines) is 2. The molecule has 2 aliphatic carbocycles. The summed E-state index contributed by atoms with van der Waals surface area (Å²) in [5, 5.41) is 3.25. The van der Waals surface area contributed by atoms with Gasteiger partial charge in [0.05, 0.1) is 6.04 Å². The van der Waals surface area contributed by atoms with Crippen LogP contribution >= 0.6 is 0 Å². The van der Waals surface area contributed by atoms with E-state index in [1.165, 1.54) is 36.9 Å². The zero-order valence-corrected chi connectivity index (χ0v) is 24.1. The predicted molar refractivity (Wildman–Crippen MR) is 152 cm³/mol. The molecule has 4 aliphatic rings. The van der Waals surface area contributed by atoms with Gasteiger partial charge in [-0.05, 0) is 121 Å². The lowest BCUT2D eigenvalue weighted by Crippen LogP contribution is -2.49. The minimum Gasteiger partial charge on any atom is -0.444 e. The predicted octanol–water partition coefficient (Wildman–Crippen LogP) is 5.22. The summed E-state index contributed by atoms with van der Waals surface area (Å²) in [4.78, 5) is 32.9. The standard InChI is InChI=1S/C31H46N4O3/c1-20(32-29(36)28-19-23-18-27(23)35(28)30(37)38-31(2,3)4)26-12-11-25(17-22(26)10-9-21-7-8-21)34(6)24-13-15-33(5)16-14-24/h9-12,17,20-21,23-24,27-28H,7-8,13-16,18-19H2,1-6H3,(H,32,36)/b10-9+/t20-,23-,27-,28-/m0/s1. The molecule has 2 saturated carbocycles. The zero-order valence-electron chi connectivity index (χ0n) is 24.1. The van der Waals surface area contributed by atoms with E-state index in [9.17, 15) is 9.59 Å². The van der Waals surface area contributed by atoms with Gasteiger partial charge in [-0.15, -0.1) is 0 Å². The molecule has 0 radical (unpaired) electrons. The van der Waals surface area contributed by atoms with Crippen molar-refractivity contribution in [3.8, 4) is 0 Å². The van der Waals surface area contributed by atoms with Crippen LogP contribution < -0.4 is 10.2 Å². The molecule has 1 aromatic carbocycles. The van der Waals surface area contributed by atoms with Crippen LogP contribution in [0.2, 0.25) is 0 Å². The number of hydrogen-bond acceptors (Lipinski definition) is 5. The van der Waals surface area contributed by atoms with Gasteiger partial charge in [-0.1, -0.05) is 18.2 Å². The number of piperidine rings is 2. The molecule has 2 saturated heterocycles. The van der Waals surface area contributed by atoms with Gasteiger partial charge in [0, 0.05) is 24.8 Å². The van der Waals surface area contributed by atoms with Crippen molar-refractivity contribution in [1.29, 1.82) is 0 Å². The van der Waals surface area contributed by atoms with Gasteiger partial charge in [0.15, 0.2) is 0 Å². The largest absolute Gasteiger partial charge is 0.444 e. The Morgan fingerprint density at radius 2 is 1.84 bits per heavy atom. The molecular weight excluding hydrogens is 476 g/mol. The number of fused-ring (bicyclic) bond motifs is 1. The third-order valence-corrected chi connectivity index (χ3v) is 8.72. The summed E-state index contributed by atoms with van der Waals surface area (Å²) in [5.74, 6) is 1.01. The summed E-state index contributed by atoms with van der Waals surface area (Å²) in [5.41, 5.74) is 2.93. The van der Waals surface area contributed by atoms with Gasteiger partial charge < -0.3 is 19.9 Å². The number of anilines is 1. The van der Waals surface area contributed by atoms with Crippen molar-refractivity contribution in [2.45, 2.75) is 96.0 Å². The number of benzene rings is 1. The highest BCUT2D eigenvalue weighted by Crippen LogP contribution is 2.48. The Balaban J connectivity index is 1.31. The second-order valence-corrected chi connectivity index (χ2v) is 13.1. The van der Waals surface area contributed by atoms with E-state index in [0.29, 0.717) is 17.9 Å². The first-order valence-corrected chi connectivity index (χ1v) is 14.6. The van der Waals surface area contributed by atoms with Crippen molar-refractivity contribution in [2.75, 3.05) is 32.1 Å². The molecule has 0 aromatic heterocycles. The number of amides is 2. The first-order valence-electron chi connectivity index (χ1n) is 14.6. The van der Waals surface area contributed by atoms with E-state index >= 15 is 0 Å². The van der Waals surface area contributed by atoms with Crippen molar-refractivity contribution < 1.29 is 14.3 Å². The fourth-order valence-electron chi connectivity index (χ4n) is 6.10. The van der Waals surface area contributed by atoms with Crippen LogP contribution in [-0.2, 0) is 9.53 Å². The SMILES string of the molecule is C[C@H](NC(=O)[C@@H]1C[C@@H]2C[C@@H]2N1C(=O)OC(C)(C)C)c1ccc(N(C)C2CCN(C)CC2)cc1/C=C/C1CC1. The smallest absolute Gasteiger partial charge is 0.411 e. The van der Waals surface area contributed by atoms with Crippen molar-refractivity contribution in [3.05, 3.63) is 35.4 Å². The lowest BCUT2D eigenvalue weighted by molar-refractivity contribution is -0.126. The second kappa shape index (κ2) is 10.6. The van der Waals surface area contributed by atoms with Gasteiger partial charge in [-0.2, -0.15) is 0 Å². The van der Waals surface area contributed by atoms with Gasteiger partial charge in [-0.3, -0.25) is 9.69 Å². The number of allylic oxidation sites excluding steroid dienone is 1. The van der Waals surface area contributed by atoms with Crippen LogP contribution in [-0.4, -0.2) is 72.7 Å². The van der Waals surface area contributed by atoms with Crippen molar-refractivity contribution in [2.24, 2.45) is 11.8 Å². The van der Waals surface area contributed by atoms with E-state index in [-0.39, 0.29) is 24.1 Å². The average molecular weight is 523 g/mol. The number of ether oxygens (including phenoxy) is 1. The van der Waals surface area contributed by atoms with Crippen molar-refractivity contribution >= 4 is 23.8 Å². The van der Waals surface area contributed by atoms with E-state index in [1.807, 2.05) is 20.8 Å². The van der Waals surface area contributed by atoms with Gasteiger partial charge in [0.25, 0.3) is 0 Å². The van der Waals surface area contributed by atoms with Crippen LogP contribution in [0.15, 0.2) is 24.3 Å². The average Bonchev–Trinajstić information content (AvgIpc) is 3.79. The monoisotopic (exact) mass is 522 g/mol. The number of rotatable bonds is 7. The molecule has 1 N–H and O–H groups in total. The maximum absolute atomic E-state index is 13.5. The Morgan fingerprint density at radius 3 is 2.50 bits per heavy atom. The Kier molecular flexibility index (Phi) is 7.51. The second-order valence-electron chi connectivity index (χ2n) is 13.1. The van der Waals surface area contributed by atoms with Gasteiger partial charge >= 0.3 is 6.09 Å². The molecule has 0 spiro atoms. The third-order valence-electron chi connectivity index (χ3n) is 8.72. The van der Waals surface area contributed by atoms with Crippen LogP contribution in [0.5, 0.6) is 0 Å². The minimum absolute atomic E-state index is 0.0831. The van der Waals surface area contributed by atoms with E-state index in [1.54, 1.807) is 4.90 Å². The van der Waals surface area contributed by atoms with Crippen LogP contribution in [0.4, 0.5) is 10.5 Å². The van der Waals surface area contributed by atoms with Crippen LogP contribution in [0.25, 0.3) is 6.08 Å². The summed E-state index contributed by atoms with van der Waals surface area (Å²) in [7, 11) is 4.41. The molecule has 7 heteroatoms. The molecule has 7 nitrogen and oxygen atoms in total. The van der Waals surface area contributed by atoms with E-state index in [2.05, 4.69) is 66.5 Å². The molecule has 4 fully saturated rings. The fraction of sp³-hybridized carbons (Fsp3) is 0.677. The van der Waals surface area contributed by atoms with Gasteiger partial charge in [0.2, 0.25) is 5.91 Å². The zero-order chi connectivity index (χ0) is 27.2. The molecule has 2 amide bonds. The Morgan fingerprint density at radius 1 is 1.13 bits per heavy atom. The molecule has 38 heavy (non-hydrogen) atoms. The van der Waals surface area contributed by atoms with Crippen molar-refractivity contribution in [3.63, 3.8) is 0 Å². The third kappa shape index (κ3) is 6.19. The highest BCUT2D eigenvalue weighted by atomic mass is 16.6. The van der Waals surface area contributed by atoms with Gasteiger partial charge in [-0.25, -0.2) is 4.79 Å². The van der Waals surface area contributed by atoms with Crippen LogP contribution in [0.1, 0.15) is 83.4 Å². The number of carbonyl (C=O) groups is 2. The molecule has 0 unspecified atom stereocenters. The number of carbonyl (C=O) groups excluding carboxylic acids is 2. The van der Waals surface area contributed by atoms with Gasteiger partial charge in [0.1, 0.15) is 11.6 Å². The van der Waals surface area contributed by atoms with E-state index in [0.717, 1.165) is 31.5 Å². The molecule has 2 heterocycles. The maximum Gasteiger partial charge on any atom is 0.411 e. The molecular formula is C31H46N4O3. The minimum atomic E-state index is -0.580. The topological polar surface area (TPSA) is 65.1 Å². The highest BCUT2D eigenvalue weighted by molar-refractivity contribution is 5.87. The Hall–Kier alpha value is -2.54. The summed E-state index contributed by atoms with van der Waals surface area (Å²) in [6.07, 6.45) is 10.8. The summed E-state index contributed by atoms with van der Waals surface area (Å²) in [6, 6.07) is 6.72. The lowest BCUT2D eigenvalue weighted by atomic mass is 9.97. The fourth-order valence-corrected chi connectivity index (χ4v) is 6.10. The maximum atomic E-state index is 13.5. The highest BCUT2D eigenvalue weighted by Gasteiger charge is 2.57. The molecule has 2 aliphatic heterocycles. The summed E-state index contributed by atoms with van der Waals surface area (Å²) >= 11 is 0. The van der Waals surface area contributed by atoms with E-state index < -0.39 is 11.6 Å². The quantitative estimate of drug-likeness (QED) is 0.532. The first kappa shape index (κ1) is 27.0. The number of nitrogens with one attached hydrogen (secondary N) is 1. The molecule has 208 valence electrons. The summed E-state index contributed by atoms with van der Waals surface area (Å²) in [6.45, 7) is 9.92. The summed E-state index contributed by atoms with van der Waals surface area (Å²) < 4.78 is 5.65. The molecule has 4 atom stereocenters. The molecule has 5 rings (SSSR count). The first-order chi connectivity index (χ1) is 18.0. The van der Waals surface area contributed by atoms with Crippen molar-refractivity contribution in [1.82, 2.24) is 15.1 Å².